The molecular formula is C21H22N2O4S. The fourth-order valence-electron chi connectivity index (χ4n) is 3.32. The Morgan fingerprint density at radius 1 is 1.14 bits per heavy atom. The van der Waals surface area contributed by atoms with E-state index in [1.54, 1.807) is 11.8 Å². The Balaban J connectivity index is 1.29. The van der Waals surface area contributed by atoms with Crippen LogP contribution < -0.4 is 19.7 Å². The van der Waals surface area contributed by atoms with Crippen molar-refractivity contribution in [2.45, 2.75) is 36.5 Å². The molecule has 2 amide bonds. The Bertz CT molecular complexity index is 902. The molecule has 1 N–H and O–H groups in total. The van der Waals surface area contributed by atoms with Gasteiger partial charge < -0.3 is 19.7 Å². The molecule has 0 unspecified atom stereocenters. The number of fused-ring (bicyclic) bond motifs is 2. The lowest BCUT2D eigenvalue weighted by Crippen LogP contribution is -2.39. The number of nitrogens with one attached hydrogen (secondary N) is 1. The van der Waals surface area contributed by atoms with Crippen molar-refractivity contribution in [3.05, 3.63) is 48.0 Å². The predicted molar refractivity (Wildman–Crippen MR) is 108 cm³/mol. The molecule has 2 aliphatic rings. The summed E-state index contributed by atoms with van der Waals surface area (Å²) in [7, 11) is 0. The normalized spacial score (nSPS) is 17.2. The number of carbonyl (C=O) groups is 2. The van der Waals surface area contributed by atoms with Gasteiger partial charge in [-0.05, 0) is 29.8 Å². The minimum Gasteiger partial charge on any atom is -0.454 e. The summed E-state index contributed by atoms with van der Waals surface area (Å²) in [5.74, 6) is 1.25. The number of anilines is 1. The highest BCUT2D eigenvalue weighted by atomic mass is 32.2. The number of carbonyl (C=O) groups excluding carboxylic acids is 2. The highest BCUT2D eigenvalue weighted by Crippen LogP contribution is 2.38. The van der Waals surface area contributed by atoms with Crippen molar-refractivity contribution in [2.75, 3.05) is 18.2 Å². The number of benzene rings is 2. The molecule has 6 nitrogen and oxygen atoms in total. The van der Waals surface area contributed by atoms with E-state index in [2.05, 4.69) is 12.2 Å². The Hall–Kier alpha value is -2.67. The molecule has 0 saturated carbocycles. The average molecular weight is 398 g/mol. The minimum atomic E-state index is -0.140. The molecule has 0 fully saturated rings. The second kappa shape index (κ2) is 8.14. The van der Waals surface area contributed by atoms with E-state index >= 15 is 0 Å². The third-order valence-corrected chi connectivity index (χ3v) is 5.87. The molecule has 4 rings (SSSR count). The lowest BCUT2D eigenvalue weighted by atomic mass is 10.2. The lowest BCUT2D eigenvalue weighted by Gasteiger charge is -2.32. The van der Waals surface area contributed by atoms with E-state index in [0.29, 0.717) is 24.1 Å². The molecule has 2 aliphatic heterocycles. The van der Waals surface area contributed by atoms with Crippen LogP contribution in [-0.2, 0) is 16.1 Å². The summed E-state index contributed by atoms with van der Waals surface area (Å²) in [5, 5.41) is 3.20. The fraction of sp³-hybridized carbons (Fsp3) is 0.333. The molecule has 0 bridgehead atoms. The fourth-order valence-corrected chi connectivity index (χ4v) is 4.43. The standard InChI is InChI=1S/C21H22N2O4S/c1-14-12-23(16-4-2-3-5-19(16)28-14)21(25)9-8-20(24)22-11-15-6-7-17-18(10-15)27-13-26-17/h2-7,10,14H,8-9,11-13H2,1H3,(H,22,24)/t14-/m1/s1. The smallest absolute Gasteiger partial charge is 0.231 e. The molecule has 0 spiro atoms. The lowest BCUT2D eigenvalue weighted by molar-refractivity contribution is -0.125. The highest BCUT2D eigenvalue weighted by Gasteiger charge is 2.26. The van der Waals surface area contributed by atoms with Gasteiger partial charge in [-0.3, -0.25) is 9.59 Å². The van der Waals surface area contributed by atoms with Crippen molar-refractivity contribution < 1.29 is 19.1 Å². The van der Waals surface area contributed by atoms with E-state index in [0.717, 1.165) is 21.9 Å². The van der Waals surface area contributed by atoms with E-state index in [1.165, 1.54) is 0 Å². The van der Waals surface area contributed by atoms with Gasteiger partial charge in [0.25, 0.3) is 0 Å². The number of ether oxygens (including phenoxy) is 2. The van der Waals surface area contributed by atoms with Crippen LogP contribution in [0.1, 0.15) is 25.3 Å². The second-order valence-corrected chi connectivity index (χ2v) is 8.35. The molecule has 146 valence electrons. The van der Waals surface area contributed by atoms with Crippen LogP contribution in [0.5, 0.6) is 11.5 Å². The van der Waals surface area contributed by atoms with Crippen molar-refractivity contribution >= 4 is 29.3 Å². The van der Waals surface area contributed by atoms with Gasteiger partial charge in [0.1, 0.15) is 0 Å². The molecule has 28 heavy (non-hydrogen) atoms. The molecule has 2 aromatic carbocycles. The maximum atomic E-state index is 12.7. The van der Waals surface area contributed by atoms with Crippen molar-refractivity contribution in [2.24, 2.45) is 0 Å². The van der Waals surface area contributed by atoms with Gasteiger partial charge >= 0.3 is 0 Å². The first-order valence-electron chi connectivity index (χ1n) is 9.31. The quantitative estimate of drug-likeness (QED) is 0.837. The number of nitrogens with zero attached hydrogens (tertiary/aromatic N) is 1. The zero-order valence-electron chi connectivity index (χ0n) is 15.6. The van der Waals surface area contributed by atoms with Crippen LogP contribution in [0.15, 0.2) is 47.4 Å². The van der Waals surface area contributed by atoms with E-state index in [1.807, 2.05) is 47.4 Å². The number of rotatable bonds is 5. The van der Waals surface area contributed by atoms with E-state index < -0.39 is 0 Å². The van der Waals surface area contributed by atoms with Crippen molar-refractivity contribution in [3.8, 4) is 11.5 Å². The average Bonchev–Trinajstić information content (AvgIpc) is 3.17. The summed E-state index contributed by atoms with van der Waals surface area (Å²) in [6, 6.07) is 13.5. The summed E-state index contributed by atoms with van der Waals surface area (Å²) in [6.07, 6.45) is 0.363. The van der Waals surface area contributed by atoms with Gasteiger partial charge in [-0.15, -0.1) is 11.8 Å². The third-order valence-electron chi connectivity index (χ3n) is 4.72. The summed E-state index contributed by atoms with van der Waals surface area (Å²) < 4.78 is 10.6. The first kappa shape index (κ1) is 18.7. The van der Waals surface area contributed by atoms with Crippen molar-refractivity contribution in [1.82, 2.24) is 5.32 Å². The number of para-hydroxylation sites is 1. The Morgan fingerprint density at radius 3 is 2.86 bits per heavy atom. The van der Waals surface area contributed by atoms with E-state index in [-0.39, 0.29) is 31.4 Å². The Kier molecular flexibility index (Phi) is 5.43. The summed E-state index contributed by atoms with van der Waals surface area (Å²) in [5.41, 5.74) is 1.87. The summed E-state index contributed by atoms with van der Waals surface area (Å²) in [6.45, 7) is 3.40. The molecule has 0 aromatic heterocycles. The second-order valence-electron chi connectivity index (χ2n) is 6.86. The summed E-state index contributed by atoms with van der Waals surface area (Å²) >= 11 is 1.78. The van der Waals surface area contributed by atoms with Crippen molar-refractivity contribution in [3.63, 3.8) is 0 Å². The SMILES string of the molecule is C[C@@H]1CN(C(=O)CCC(=O)NCc2ccc3c(c2)OCO3)c2ccccc2S1. The zero-order valence-corrected chi connectivity index (χ0v) is 16.5. The topological polar surface area (TPSA) is 67.9 Å². The number of thioether (sulfide) groups is 1. The molecule has 0 saturated heterocycles. The van der Waals surface area contributed by atoms with Gasteiger partial charge in [-0.25, -0.2) is 0 Å². The Labute approximate surface area is 168 Å². The van der Waals surface area contributed by atoms with Crippen molar-refractivity contribution in [1.29, 1.82) is 0 Å². The van der Waals surface area contributed by atoms with Crippen LogP contribution in [0.25, 0.3) is 0 Å². The maximum absolute atomic E-state index is 12.7. The highest BCUT2D eigenvalue weighted by molar-refractivity contribution is 8.00. The van der Waals surface area contributed by atoms with Crippen LogP contribution in [0.4, 0.5) is 5.69 Å². The molecule has 1 atom stereocenters. The zero-order chi connectivity index (χ0) is 19.5. The largest absolute Gasteiger partial charge is 0.454 e. The van der Waals surface area contributed by atoms with Crippen LogP contribution in [0.3, 0.4) is 0 Å². The molecular weight excluding hydrogens is 376 g/mol. The van der Waals surface area contributed by atoms with Crippen LogP contribution in [-0.4, -0.2) is 30.4 Å². The number of hydrogen-bond acceptors (Lipinski definition) is 5. The first-order valence-corrected chi connectivity index (χ1v) is 10.2. The maximum Gasteiger partial charge on any atom is 0.231 e. The van der Waals surface area contributed by atoms with E-state index in [9.17, 15) is 9.59 Å². The van der Waals surface area contributed by atoms with E-state index in [4.69, 9.17) is 9.47 Å². The van der Waals surface area contributed by atoms with Gasteiger partial charge in [0.05, 0.1) is 5.69 Å². The minimum absolute atomic E-state index is 0.0159. The molecule has 0 radical (unpaired) electrons. The summed E-state index contributed by atoms with van der Waals surface area (Å²) in [4.78, 5) is 27.8. The number of hydrogen-bond donors (Lipinski definition) is 1. The monoisotopic (exact) mass is 398 g/mol. The van der Waals surface area contributed by atoms with Gasteiger partial charge in [-0.1, -0.05) is 25.1 Å². The number of amides is 2. The predicted octanol–water partition coefficient (Wildman–Crippen LogP) is 3.34. The first-order chi connectivity index (χ1) is 13.6. The molecule has 2 aromatic rings. The van der Waals surface area contributed by atoms with Crippen LogP contribution in [0.2, 0.25) is 0 Å². The molecule has 2 heterocycles. The third kappa shape index (κ3) is 4.09. The Morgan fingerprint density at radius 2 is 1.96 bits per heavy atom. The molecule has 7 heteroatoms. The van der Waals surface area contributed by atoms with Gasteiger partial charge in [0.15, 0.2) is 11.5 Å². The molecule has 0 aliphatic carbocycles. The van der Waals surface area contributed by atoms with Crippen LogP contribution in [0, 0.1) is 0 Å². The van der Waals surface area contributed by atoms with Gasteiger partial charge in [0, 0.05) is 36.1 Å². The van der Waals surface area contributed by atoms with Crippen LogP contribution >= 0.6 is 11.8 Å². The van der Waals surface area contributed by atoms with Gasteiger partial charge in [0.2, 0.25) is 18.6 Å². The van der Waals surface area contributed by atoms with Gasteiger partial charge in [-0.2, -0.15) is 0 Å².